The minimum Gasteiger partial charge on any atom is -0.481 e. The van der Waals surface area contributed by atoms with Crippen LogP contribution >= 0.6 is 0 Å². The van der Waals surface area contributed by atoms with Gasteiger partial charge in [-0.1, -0.05) is 65.7 Å². The summed E-state index contributed by atoms with van der Waals surface area (Å²) in [6, 6.07) is 3.73. The zero-order chi connectivity index (χ0) is 30.0. The molecule has 0 heterocycles. The monoisotopic (exact) mass is 572 g/mol. The molecule has 0 radical (unpaired) electrons. The van der Waals surface area contributed by atoms with Gasteiger partial charge in [0.2, 0.25) is 0 Å². The molecule has 0 bridgehead atoms. The maximum atomic E-state index is 12.8. The lowest BCUT2D eigenvalue weighted by molar-refractivity contribution is -0.142. The number of carbonyl (C=O) groups is 4. The van der Waals surface area contributed by atoms with E-state index in [0.717, 1.165) is 56.4 Å². The van der Waals surface area contributed by atoms with Crippen LogP contribution in [0.4, 0.5) is 0 Å². The maximum Gasteiger partial charge on any atom is 0.311 e. The molecule has 0 aliphatic heterocycles. The molecule has 0 aromatic heterocycles. The van der Waals surface area contributed by atoms with Crippen LogP contribution in [0.5, 0.6) is 11.5 Å². The van der Waals surface area contributed by atoms with Gasteiger partial charge >= 0.3 is 23.9 Å². The summed E-state index contributed by atoms with van der Waals surface area (Å²) < 4.78 is 11.7. The number of carbonyl (C=O) groups excluding carboxylic acids is 2. The van der Waals surface area contributed by atoms with Gasteiger partial charge in [-0.3, -0.25) is 19.2 Å². The third-order valence-electron chi connectivity index (χ3n) is 9.07. The number of aliphatic carboxylic acids is 2. The lowest BCUT2D eigenvalue weighted by atomic mass is 9.69. The lowest BCUT2D eigenvalue weighted by Crippen LogP contribution is -2.24. The third-order valence-corrected chi connectivity index (χ3v) is 9.07. The predicted octanol–water partition coefficient (Wildman–Crippen LogP) is 7.55. The van der Waals surface area contributed by atoms with Gasteiger partial charge in [0.1, 0.15) is 11.5 Å². The van der Waals surface area contributed by atoms with E-state index >= 15 is 0 Å². The molecule has 2 N–H and O–H groups in total. The quantitative estimate of drug-likeness (QED) is 0.173. The molecule has 8 heteroatoms. The molecule has 0 unspecified atom stereocenters. The van der Waals surface area contributed by atoms with Crippen molar-refractivity contribution in [2.24, 2.45) is 11.8 Å². The number of ether oxygens (including phenoxy) is 2. The van der Waals surface area contributed by atoms with Crippen LogP contribution in [0.15, 0.2) is 12.1 Å². The van der Waals surface area contributed by atoms with Crippen LogP contribution < -0.4 is 9.47 Å². The van der Waals surface area contributed by atoms with E-state index in [-0.39, 0.29) is 37.0 Å². The molecule has 0 spiro atoms. The Morgan fingerprint density at radius 1 is 0.756 bits per heavy atom. The van der Waals surface area contributed by atoms with E-state index in [2.05, 4.69) is 20.8 Å². The van der Waals surface area contributed by atoms with Crippen molar-refractivity contribution < 1.29 is 38.9 Å². The summed E-state index contributed by atoms with van der Waals surface area (Å²) in [4.78, 5) is 47.8. The molecule has 2 aliphatic rings. The molecule has 1 aromatic rings. The Morgan fingerprint density at radius 3 is 1.71 bits per heavy atom. The second-order valence-corrected chi connectivity index (χ2v) is 12.6. The smallest absolute Gasteiger partial charge is 0.311 e. The van der Waals surface area contributed by atoms with E-state index in [9.17, 15) is 19.2 Å². The highest BCUT2D eigenvalue weighted by Crippen LogP contribution is 2.49. The normalized spacial score (nSPS) is 19.9. The number of carboxylic acid groups (broad SMARTS) is 2. The summed E-state index contributed by atoms with van der Waals surface area (Å²) in [6.07, 6.45) is 12.0. The molecule has 228 valence electrons. The van der Waals surface area contributed by atoms with Gasteiger partial charge < -0.3 is 19.7 Å². The predicted molar refractivity (Wildman–Crippen MR) is 155 cm³/mol. The summed E-state index contributed by atoms with van der Waals surface area (Å²) in [7, 11) is 0. The highest BCUT2D eigenvalue weighted by atomic mass is 16.5. The average molecular weight is 573 g/mol. The SMILES string of the molecule is CCCCC(C)(C)c1cc(OC(=O)CCC(=O)O)c(C2CCC(C3CCCCC3)CC2)c(OC(=O)CCC(=O)O)c1. The van der Waals surface area contributed by atoms with E-state index < -0.39 is 23.9 Å². The molecule has 3 rings (SSSR count). The first-order valence-electron chi connectivity index (χ1n) is 15.5. The largest absolute Gasteiger partial charge is 0.481 e. The zero-order valence-electron chi connectivity index (χ0n) is 25.0. The number of hydrogen-bond acceptors (Lipinski definition) is 6. The number of rotatable bonds is 14. The van der Waals surface area contributed by atoms with Gasteiger partial charge in [0, 0.05) is 5.56 Å². The fourth-order valence-electron chi connectivity index (χ4n) is 6.58. The van der Waals surface area contributed by atoms with Crippen LogP contribution in [-0.4, -0.2) is 34.1 Å². The molecule has 2 fully saturated rings. The first-order valence-corrected chi connectivity index (χ1v) is 15.5. The molecule has 0 atom stereocenters. The topological polar surface area (TPSA) is 127 Å². The molecular formula is C33H48O8. The fraction of sp³-hybridized carbons (Fsp3) is 0.697. The van der Waals surface area contributed by atoms with Crippen LogP contribution in [-0.2, 0) is 24.6 Å². The standard InChI is InChI=1S/C33H48O8/c1-4-5-19-33(2,3)25-20-26(40-30(38)17-15-28(34)35)32(27(21-25)41-31(39)18-16-29(36)37)24-13-11-23(12-14-24)22-9-7-6-8-10-22/h20-24H,4-19H2,1-3H3,(H,34,35)(H,36,37). The minimum atomic E-state index is -1.08. The summed E-state index contributed by atoms with van der Waals surface area (Å²) in [5.41, 5.74) is 1.21. The Kier molecular flexibility index (Phi) is 12.2. The average Bonchev–Trinajstić information content (AvgIpc) is 2.94. The minimum absolute atomic E-state index is 0.00666. The lowest BCUT2D eigenvalue weighted by Gasteiger charge is -2.37. The van der Waals surface area contributed by atoms with Gasteiger partial charge in [-0.05, 0) is 73.0 Å². The van der Waals surface area contributed by atoms with E-state index in [4.69, 9.17) is 19.7 Å². The van der Waals surface area contributed by atoms with Gasteiger partial charge in [0.15, 0.2) is 0 Å². The second kappa shape index (κ2) is 15.4. The summed E-state index contributed by atoms with van der Waals surface area (Å²) >= 11 is 0. The summed E-state index contributed by atoms with van der Waals surface area (Å²) in [6.45, 7) is 6.31. The van der Waals surface area contributed by atoms with Crippen LogP contribution in [0.3, 0.4) is 0 Å². The van der Waals surface area contributed by atoms with E-state index in [0.29, 0.717) is 23.0 Å². The molecule has 8 nitrogen and oxygen atoms in total. The van der Waals surface area contributed by atoms with E-state index in [1.165, 1.54) is 32.1 Å². The Hall–Kier alpha value is -2.90. The van der Waals surface area contributed by atoms with Crippen molar-refractivity contribution >= 4 is 23.9 Å². The molecule has 2 saturated carbocycles. The molecule has 2 aliphatic carbocycles. The molecule has 41 heavy (non-hydrogen) atoms. The maximum absolute atomic E-state index is 12.8. The number of unbranched alkanes of at least 4 members (excludes halogenated alkanes) is 1. The first kappa shape index (κ1) is 32.6. The van der Waals surface area contributed by atoms with Crippen molar-refractivity contribution in [1.82, 2.24) is 0 Å². The van der Waals surface area contributed by atoms with Gasteiger partial charge in [-0.15, -0.1) is 0 Å². The van der Waals surface area contributed by atoms with E-state index in [1.54, 1.807) is 0 Å². The van der Waals surface area contributed by atoms with Crippen LogP contribution in [0.1, 0.15) is 141 Å². The fourth-order valence-corrected chi connectivity index (χ4v) is 6.58. The first-order chi connectivity index (χ1) is 19.5. The van der Waals surface area contributed by atoms with Gasteiger partial charge in [0.05, 0.1) is 25.7 Å². The molecule has 1 aromatic carbocycles. The number of esters is 2. The number of carboxylic acids is 2. The van der Waals surface area contributed by atoms with Crippen molar-refractivity contribution in [2.45, 2.75) is 135 Å². The van der Waals surface area contributed by atoms with Crippen molar-refractivity contribution in [2.75, 3.05) is 0 Å². The number of benzene rings is 1. The Bertz CT molecular complexity index is 1010. The molecule has 0 amide bonds. The third kappa shape index (κ3) is 9.86. The van der Waals surface area contributed by atoms with Crippen molar-refractivity contribution in [3.63, 3.8) is 0 Å². The van der Waals surface area contributed by atoms with E-state index in [1.807, 2.05) is 12.1 Å². The van der Waals surface area contributed by atoms with Crippen molar-refractivity contribution in [3.05, 3.63) is 23.3 Å². The highest BCUT2D eigenvalue weighted by molar-refractivity contribution is 5.80. The molecular weight excluding hydrogens is 524 g/mol. The van der Waals surface area contributed by atoms with Gasteiger partial charge in [-0.2, -0.15) is 0 Å². The van der Waals surface area contributed by atoms with Crippen molar-refractivity contribution in [3.8, 4) is 11.5 Å². The van der Waals surface area contributed by atoms with Gasteiger partial charge in [-0.25, -0.2) is 0 Å². The van der Waals surface area contributed by atoms with Gasteiger partial charge in [0.25, 0.3) is 0 Å². The van der Waals surface area contributed by atoms with Crippen molar-refractivity contribution in [1.29, 1.82) is 0 Å². The Balaban J connectivity index is 1.99. The number of hydrogen-bond donors (Lipinski definition) is 2. The molecule has 0 saturated heterocycles. The summed E-state index contributed by atoms with van der Waals surface area (Å²) in [5, 5.41) is 18.2. The van der Waals surface area contributed by atoms with Crippen LogP contribution in [0.2, 0.25) is 0 Å². The summed E-state index contributed by atoms with van der Waals surface area (Å²) in [5.74, 6) is -1.36. The Labute approximate surface area is 244 Å². The Morgan fingerprint density at radius 2 is 1.24 bits per heavy atom. The highest BCUT2D eigenvalue weighted by Gasteiger charge is 2.34. The van der Waals surface area contributed by atoms with Crippen LogP contribution in [0.25, 0.3) is 0 Å². The van der Waals surface area contributed by atoms with Crippen LogP contribution in [0, 0.1) is 11.8 Å². The second-order valence-electron chi connectivity index (χ2n) is 12.6. The zero-order valence-corrected chi connectivity index (χ0v) is 25.0.